The summed E-state index contributed by atoms with van der Waals surface area (Å²) < 4.78 is 1.91. The lowest BCUT2D eigenvalue weighted by molar-refractivity contribution is 1.02. The van der Waals surface area contributed by atoms with Crippen LogP contribution in [0.5, 0.6) is 0 Å². The molecule has 0 atom stereocenters. The third-order valence-corrected chi connectivity index (χ3v) is 3.72. The summed E-state index contributed by atoms with van der Waals surface area (Å²) >= 11 is 0. The van der Waals surface area contributed by atoms with Crippen LogP contribution in [0.3, 0.4) is 0 Å². The zero-order valence-electron chi connectivity index (χ0n) is 12.6. The number of hydrogen-bond donors (Lipinski definition) is 1. The van der Waals surface area contributed by atoms with Crippen molar-refractivity contribution in [3.63, 3.8) is 0 Å². The summed E-state index contributed by atoms with van der Waals surface area (Å²) in [5, 5.41) is 0. The van der Waals surface area contributed by atoms with Crippen molar-refractivity contribution >= 4 is 34.9 Å². The van der Waals surface area contributed by atoms with Crippen LogP contribution >= 0.6 is 0 Å². The van der Waals surface area contributed by atoms with E-state index in [2.05, 4.69) is 46.1 Å². The lowest BCUT2D eigenvalue weighted by Gasteiger charge is -2.02. The number of imidazole rings is 1. The molecule has 0 aliphatic carbocycles. The minimum atomic E-state index is 0.219. The number of anilines is 1. The number of hydrogen-bond acceptors (Lipinski definition) is 4. The van der Waals surface area contributed by atoms with Crippen LogP contribution in [-0.4, -0.2) is 19.4 Å². The Kier molecular flexibility index (Phi) is 3.05. The molecule has 2 aromatic heterocycles. The lowest BCUT2D eigenvalue weighted by Crippen LogP contribution is -2.03. The van der Waals surface area contributed by atoms with Gasteiger partial charge in [0.2, 0.25) is 11.7 Å². The van der Waals surface area contributed by atoms with Crippen LogP contribution in [0.4, 0.5) is 5.95 Å². The molecule has 23 heavy (non-hydrogen) atoms. The Morgan fingerprint density at radius 3 is 2.52 bits per heavy atom. The molecule has 4 aromatic rings. The van der Waals surface area contributed by atoms with Gasteiger partial charge in [-0.2, -0.15) is 9.97 Å². The van der Waals surface area contributed by atoms with Crippen molar-refractivity contribution in [3.8, 4) is 0 Å². The molecule has 0 saturated carbocycles. The molecule has 2 N–H and O–H groups in total. The fourth-order valence-corrected chi connectivity index (χ4v) is 2.57. The maximum Gasteiger partial charge on any atom is 0.239 e. The maximum absolute atomic E-state index is 5.83. The fraction of sp³-hybridized carbons (Fsp3) is 0.0556. The van der Waals surface area contributed by atoms with Gasteiger partial charge in [-0.3, -0.25) is 4.40 Å². The van der Waals surface area contributed by atoms with E-state index >= 15 is 0 Å². The topological polar surface area (TPSA) is 69.1 Å². The van der Waals surface area contributed by atoms with Crippen LogP contribution < -0.4 is 5.73 Å². The van der Waals surface area contributed by atoms with E-state index in [1.165, 1.54) is 5.56 Å². The number of aryl methyl sites for hydroxylation is 1. The van der Waals surface area contributed by atoms with Gasteiger partial charge in [-0.05, 0) is 30.7 Å². The molecule has 0 aliphatic rings. The van der Waals surface area contributed by atoms with Gasteiger partial charge in [0.15, 0.2) is 0 Å². The molecule has 0 spiro atoms. The van der Waals surface area contributed by atoms with Crippen molar-refractivity contribution in [2.75, 3.05) is 5.73 Å². The van der Waals surface area contributed by atoms with Gasteiger partial charge < -0.3 is 5.73 Å². The third kappa shape index (κ3) is 2.42. The lowest BCUT2D eigenvalue weighted by atomic mass is 10.1. The highest BCUT2D eigenvalue weighted by atomic mass is 15.2. The minimum absolute atomic E-state index is 0.219. The third-order valence-electron chi connectivity index (χ3n) is 3.72. The van der Waals surface area contributed by atoms with Crippen molar-refractivity contribution in [2.24, 2.45) is 0 Å². The molecule has 4 rings (SSSR count). The van der Waals surface area contributed by atoms with Crippen LogP contribution in [0.15, 0.2) is 48.5 Å². The highest BCUT2D eigenvalue weighted by Gasteiger charge is 2.09. The van der Waals surface area contributed by atoms with Crippen molar-refractivity contribution in [1.82, 2.24) is 19.4 Å². The van der Waals surface area contributed by atoms with Crippen LogP contribution in [0.1, 0.15) is 17.0 Å². The van der Waals surface area contributed by atoms with Gasteiger partial charge in [-0.15, -0.1) is 0 Å². The molecule has 0 fully saturated rings. The highest BCUT2D eigenvalue weighted by Crippen LogP contribution is 2.18. The predicted octanol–water partition coefficient (Wildman–Crippen LogP) is 3.34. The Hall–Kier alpha value is -3.21. The Labute approximate surface area is 133 Å². The SMILES string of the molecule is Cc1ccc(/C=C/c2nc(N)nc3nc4ccccc4n23)cc1. The Bertz CT molecular complexity index is 1030. The summed E-state index contributed by atoms with van der Waals surface area (Å²) in [4.78, 5) is 13.1. The molecule has 0 bridgehead atoms. The summed E-state index contributed by atoms with van der Waals surface area (Å²) in [5.74, 6) is 1.49. The first-order valence-corrected chi connectivity index (χ1v) is 7.36. The first kappa shape index (κ1) is 13.5. The number of nitrogens with zero attached hydrogens (tertiary/aromatic N) is 4. The van der Waals surface area contributed by atoms with Gasteiger partial charge in [-0.1, -0.05) is 48.0 Å². The molecular weight excluding hydrogens is 286 g/mol. The Morgan fingerprint density at radius 1 is 0.913 bits per heavy atom. The van der Waals surface area contributed by atoms with Crippen LogP contribution in [-0.2, 0) is 0 Å². The monoisotopic (exact) mass is 301 g/mol. The molecule has 112 valence electrons. The molecule has 0 aliphatic heterocycles. The van der Waals surface area contributed by atoms with E-state index < -0.39 is 0 Å². The first-order valence-electron chi connectivity index (χ1n) is 7.36. The van der Waals surface area contributed by atoms with E-state index in [1.807, 2.05) is 40.8 Å². The molecule has 0 saturated heterocycles. The van der Waals surface area contributed by atoms with Crippen LogP contribution in [0, 0.1) is 6.92 Å². The summed E-state index contributed by atoms with van der Waals surface area (Å²) in [6.45, 7) is 2.07. The number of benzene rings is 2. The van der Waals surface area contributed by atoms with Gasteiger partial charge in [0.05, 0.1) is 11.0 Å². The van der Waals surface area contributed by atoms with Crippen molar-refractivity contribution in [2.45, 2.75) is 6.92 Å². The van der Waals surface area contributed by atoms with Gasteiger partial charge >= 0.3 is 0 Å². The highest BCUT2D eigenvalue weighted by molar-refractivity contribution is 5.81. The average molecular weight is 301 g/mol. The maximum atomic E-state index is 5.83. The predicted molar refractivity (Wildman–Crippen MR) is 92.8 cm³/mol. The van der Waals surface area contributed by atoms with E-state index in [9.17, 15) is 0 Å². The first-order chi connectivity index (χ1) is 11.2. The average Bonchev–Trinajstić information content (AvgIpc) is 2.92. The van der Waals surface area contributed by atoms with E-state index in [-0.39, 0.29) is 5.95 Å². The quantitative estimate of drug-likeness (QED) is 0.616. The second-order valence-electron chi connectivity index (χ2n) is 5.42. The van der Waals surface area contributed by atoms with E-state index in [0.29, 0.717) is 11.6 Å². The second-order valence-corrected chi connectivity index (χ2v) is 5.42. The zero-order valence-corrected chi connectivity index (χ0v) is 12.6. The summed E-state index contributed by atoms with van der Waals surface area (Å²) in [6, 6.07) is 16.2. The molecule has 2 heterocycles. The fourth-order valence-electron chi connectivity index (χ4n) is 2.57. The van der Waals surface area contributed by atoms with E-state index in [4.69, 9.17) is 5.73 Å². The van der Waals surface area contributed by atoms with Crippen molar-refractivity contribution < 1.29 is 0 Å². The minimum Gasteiger partial charge on any atom is -0.368 e. The van der Waals surface area contributed by atoms with Crippen LogP contribution in [0.25, 0.3) is 29.0 Å². The van der Waals surface area contributed by atoms with E-state index in [0.717, 1.165) is 16.6 Å². The van der Waals surface area contributed by atoms with Gasteiger partial charge in [0, 0.05) is 0 Å². The Balaban J connectivity index is 1.89. The standard InChI is InChI=1S/C18H15N5/c1-12-6-8-13(9-7-12)10-11-16-21-17(19)22-18-20-14-4-2-3-5-15(14)23(16)18/h2-11H,1H3,(H2,19,20,22)/b11-10+. The summed E-state index contributed by atoms with van der Waals surface area (Å²) in [6.07, 6.45) is 3.94. The smallest absolute Gasteiger partial charge is 0.239 e. The number of nitrogens with two attached hydrogens (primary N) is 1. The number of fused-ring (bicyclic) bond motifs is 3. The number of rotatable bonds is 2. The zero-order chi connectivity index (χ0) is 15.8. The molecule has 0 unspecified atom stereocenters. The number of aromatic nitrogens is 4. The number of nitrogen functional groups attached to an aromatic ring is 1. The summed E-state index contributed by atoms with van der Waals surface area (Å²) in [5.41, 5.74) is 10.00. The normalized spacial score (nSPS) is 11.7. The van der Waals surface area contributed by atoms with E-state index in [1.54, 1.807) is 0 Å². The van der Waals surface area contributed by atoms with Gasteiger partial charge in [0.1, 0.15) is 5.82 Å². The molecular formula is C18H15N5. The molecule has 5 heteroatoms. The largest absolute Gasteiger partial charge is 0.368 e. The van der Waals surface area contributed by atoms with Gasteiger partial charge in [-0.25, -0.2) is 4.98 Å². The van der Waals surface area contributed by atoms with Gasteiger partial charge in [0.25, 0.3) is 0 Å². The second kappa shape index (κ2) is 5.21. The van der Waals surface area contributed by atoms with Crippen LogP contribution in [0.2, 0.25) is 0 Å². The molecule has 0 amide bonds. The Morgan fingerprint density at radius 2 is 1.70 bits per heavy atom. The molecule has 0 radical (unpaired) electrons. The summed E-state index contributed by atoms with van der Waals surface area (Å²) in [7, 11) is 0. The van der Waals surface area contributed by atoms with Crippen molar-refractivity contribution in [1.29, 1.82) is 0 Å². The van der Waals surface area contributed by atoms with Crippen molar-refractivity contribution in [3.05, 3.63) is 65.5 Å². The molecule has 5 nitrogen and oxygen atoms in total. The number of para-hydroxylation sites is 2. The molecule has 2 aromatic carbocycles.